The minimum absolute atomic E-state index is 0.106. The quantitative estimate of drug-likeness (QED) is 0.899. The highest BCUT2D eigenvalue weighted by molar-refractivity contribution is 7.89. The van der Waals surface area contributed by atoms with Crippen LogP contribution < -0.4 is 4.72 Å². The summed E-state index contributed by atoms with van der Waals surface area (Å²) >= 11 is 0. The summed E-state index contributed by atoms with van der Waals surface area (Å²) in [6.07, 6.45) is 1.51. The Kier molecular flexibility index (Phi) is 3.99. The molecule has 2 rings (SSSR count). The third kappa shape index (κ3) is 3.07. The van der Waals surface area contributed by atoms with Crippen LogP contribution in [0.15, 0.2) is 29.2 Å². The van der Waals surface area contributed by atoms with Gasteiger partial charge in [0.2, 0.25) is 10.0 Å². The molecule has 1 saturated heterocycles. The topological polar surface area (TPSA) is 49.4 Å². The van der Waals surface area contributed by atoms with Crippen molar-refractivity contribution in [3.63, 3.8) is 0 Å². The summed E-state index contributed by atoms with van der Waals surface area (Å²) in [6.45, 7) is 1.70. The van der Waals surface area contributed by atoms with Gasteiger partial charge in [-0.2, -0.15) is 0 Å². The van der Waals surface area contributed by atoms with Crippen molar-refractivity contribution < 1.29 is 12.8 Å². The van der Waals surface area contributed by atoms with E-state index in [9.17, 15) is 12.8 Å². The minimum atomic E-state index is -3.75. The standard InChI is InChI=1S/C12H17FN2O2S/c1-15-8-6-10(7-9-15)14-18(16,17)12-5-3-2-4-11(12)13/h2-5,10,14H,6-9H2,1H3. The van der Waals surface area contributed by atoms with Gasteiger partial charge in [-0.05, 0) is 45.1 Å². The maximum Gasteiger partial charge on any atom is 0.243 e. The molecule has 6 heteroatoms. The molecule has 1 aromatic carbocycles. The largest absolute Gasteiger partial charge is 0.306 e. The van der Waals surface area contributed by atoms with Crippen LogP contribution in [-0.2, 0) is 10.0 Å². The number of likely N-dealkylation sites (tertiary alicyclic amines) is 1. The van der Waals surface area contributed by atoms with Gasteiger partial charge in [0.05, 0.1) is 0 Å². The molecular weight excluding hydrogens is 255 g/mol. The molecule has 0 saturated carbocycles. The van der Waals surface area contributed by atoms with E-state index in [0.717, 1.165) is 32.0 Å². The highest BCUT2D eigenvalue weighted by Crippen LogP contribution is 2.16. The van der Waals surface area contributed by atoms with Gasteiger partial charge in [-0.1, -0.05) is 12.1 Å². The van der Waals surface area contributed by atoms with Crippen molar-refractivity contribution in [1.82, 2.24) is 9.62 Å². The second-order valence-electron chi connectivity index (χ2n) is 4.63. The van der Waals surface area contributed by atoms with Crippen molar-refractivity contribution in [1.29, 1.82) is 0 Å². The Labute approximate surface area is 107 Å². The molecular formula is C12H17FN2O2S. The zero-order valence-electron chi connectivity index (χ0n) is 10.3. The first-order chi connectivity index (χ1) is 8.49. The molecule has 0 atom stereocenters. The molecule has 4 nitrogen and oxygen atoms in total. The van der Waals surface area contributed by atoms with Crippen molar-refractivity contribution in [2.24, 2.45) is 0 Å². The van der Waals surface area contributed by atoms with Gasteiger partial charge >= 0.3 is 0 Å². The molecule has 0 aliphatic carbocycles. The Morgan fingerprint density at radius 2 is 1.89 bits per heavy atom. The third-order valence-electron chi connectivity index (χ3n) is 3.17. The number of piperidine rings is 1. The maximum absolute atomic E-state index is 13.5. The van der Waals surface area contributed by atoms with E-state index >= 15 is 0 Å². The number of hydrogen-bond acceptors (Lipinski definition) is 3. The van der Waals surface area contributed by atoms with E-state index in [1.54, 1.807) is 0 Å². The van der Waals surface area contributed by atoms with E-state index in [4.69, 9.17) is 0 Å². The molecule has 100 valence electrons. The van der Waals surface area contributed by atoms with Crippen molar-refractivity contribution in [2.45, 2.75) is 23.8 Å². The molecule has 0 spiro atoms. The number of benzene rings is 1. The van der Waals surface area contributed by atoms with Crippen molar-refractivity contribution >= 4 is 10.0 Å². The molecule has 1 aliphatic rings. The lowest BCUT2D eigenvalue weighted by molar-refractivity contribution is 0.248. The summed E-state index contributed by atoms with van der Waals surface area (Å²) in [4.78, 5) is 1.87. The van der Waals surface area contributed by atoms with Crippen LogP contribution >= 0.6 is 0 Å². The van der Waals surface area contributed by atoms with E-state index in [-0.39, 0.29) is 10.9 Å². The van der Waals surface area contributed by atoms with Gasteiger partial charge < -0.3 is 4.90 Å². The van der Waals surface area contributed by atoms with Crippen LogP contribution in [0.25, 0.3) is 0 Å². The molecule has 1 aromatic rings. The highest BCUT2D eigenvalue weighted by atomic mass is 32.2. The van der Waals surface area contributed by atoms with Crippen LogP contribution in [0.1, 0.15) is 12.8 Å². The summed E-state index contributed by atoms with van der Waals surface area (Å²) in [5.41, 5.74) is 0. The predicted octanol–water partition coefficient (Wildman–Crippen LogP) is 1.20. The number of nitrogens with zero attached hydrogens (tertiary/aromatic N) is 1. The Bertz CT molecular complexity index is 511. The van der Waals surface area contributed by atoms with E-state index in [2.05, 4.69) is 9.62 Å². The van der Waals surface area contributed by atoms with Crippen LogP contribution in [0.5, 0.6) is 0 Å². The molecule has 0 unspecified atom stereocenters. The zero-order valence-corrected chi connectivity index (χ0v) is 11.1. The minimum Gasteiger partial charge on any atom is -0.306 e. The molecule has 1 fully saturated rings. The van der Waals surface area contributed by atoms with E-state index < -0.39 is 15.8 Å². The Hall–Kier alpha value is -0.980. The second kappa shape index (κ2) is 5.34. The van der Waals surface area contributed by atoms with Gasteiger partial charge in [0.1, 0.15) is 10.7 Å². The number of halogens is 1. The first-order valence-corrected chi connectivity index (χ1v) is 7.43. The Morgan fingerprint density at radius 3 is 2.50 bits per heavy atom. The molecule has 18 heavy (non-hydrogen) atoms. The third-order valence-corrected chi connectivity index (χ3v) is 4.72. The first-order valence-electron chi connectivity index (χ1n) is 5.94. The van der Waals surface area contributed by atoms with Crippen LogP contribution in [0.4, 0.5) is 4.39 Å². The molecule has 1 N–H and O–H groups in total. The molecule has 0 aromatic heterocycles. The highest BCUT2D eigenvalue weighted by Gasteiger charge is 2.25. The maximum atomic E-state index is 13.5. The fourth-order valence-corrected chi connectivity index (χ4v) is 3.46. The SMILES string of the molecule is CN1CCC(NS(=O)(=O)c2ccccc2F)CC1. The van der Waals surface area contributed by atoms with Crippen molar-refractivity contribution in [3.05, 3.63) is 30.1 Å². The fraction of sp³-hybridized carbons (Fsp3) is 0.500. The summed E-state index contributed by atoms with van der Waals surface area (Å²) in [7, 11) is -1.75. The average Bonchev–Trinajstić information content (AvgIpc) is 2.32. The zero-order chi connectivity index (χ0) is 13.2. The van der Waals surface area contributed by atoms with Crippen molar-refractivity contribution in [3.8, 4) is 0 Å². The van der Waals surface area contributed by atoms with E-state index in [0.29, 0.717) is 0 Å². The number of hydrogen-bond donors (Lipinski definition) is 1. The molecule has 1 aliphatic heterocycles. The monoisotopic (exact) mass is 272 g/mol. The first kappa shape index (κ1) is 13.5. The number of sulfonamides is 1. The van der Waals surface area contributed by atoms with Crippen LogP contribution in [-0.4, -0.2) is 39.5 Å². The van der Waals surface area contributed by atoms with E-state index in [1.807, 2.05) is 7.05 Å². The summed E-state index contributed by atoms with van der Waals surface area (Å²) < 4.78 is 40.1. The molecule has 1 heterocycles. The fourth-order valence-electron chi connectivity index (χ4n) is 2.07. The predicted molar refractivity (Wildman–Crippen MR) is 67.2 cm³/mol. The number of nitrogens with one attached hydrogen (secondary N) is 1. The van der Waals surface area contributed by atoms with Gasteiger partial charge in [-0.15, -0.1) is 0 Å². The Balaban J connectivity index is 2.11. The van der Waals surface area contributed by atoms with E-state index in [1.165, 1.54) is 18.2 Å². The normalized spacial score (nSPS) is 19.0. The van der Waals surface area contributed by atoms with Gasteiger partial charge in [-0.3, -0.25) is 0 Å². The van der Waals surface area contributed by atoms with Crippen LogP contribution in [0.3, 0.4) is 0 Å². The smallest absolute Gasteiger partial charge is 0.243 e. The Morgan fingerprint density at radius 1 is 1.28 bits per heavy atom. The summed E-state index contributed by atoms with van der Waals surface area (Å²) in [5, 5.41) is 0. The van der Waals surface area contributed by atoms with Gasteiger partial charge in [0, 0.05) is 6.04 Å². The lowest BCUT2D eigenvalue weighted by atomic mass is 10.1. The summed E-state index contributed by atoms with van der Waals surface area (Å²) in [5.74, 6) is -0.710. The molecule has 0 amide bonds. The van der Waals surface area contributed by atoms with Gasteiger partial charge in [0.15, 0.2) is 0 Å². The van der Waals surface area contributed by atoms with Crippen LogP contribution in [0, 0.1) is 5.82 Å². The van der Waals surface area contributed by atoms with Crippen LogP contribution in [0.2, 0.25) is 0 Å². The number of rotatable bonds is 3. The molecule has 0 bridgehead atoms. The summed E-state index contributed by atoms with van der Waals surface area (Å²) in [6, 6.07) is 5.33. The average molecular weight is 272 g/mol. The van der Waals surface area contributed by atoms with Gasteiger partial charge in [-0.25, -0.2) is 17.5 Å². The molecule has 0 radical (unpaired) electrons. The lowest BCUT2D eigenvalue weighted by Gasteiger charge is -2.29. The second-order valence-corrected chi connectivity index (χ2v) is 6.31. The van der Waals surface area contributed by atoms with Crippen molar-refractivity contribution in [2.75, 3.05) is 20.1 Å². The lowest BCUT2D eigenvalue weighted by Crippen LogP contribution is -2.43. The van der Waals surface area contributed by atoms with Gasteiger partial charge in [0.25, 0.3) is 0 Å².